The first-order chi connectivity index (χ1) is 7.23. The van der Waals surface area contributed by atoms with Crippen LogP contribution in [0.3, 0.4) is 0 Å². The van der Waals surface area contributed by atoms with Crippen LogP contribution in [0, 0.1) is 11.3 Å². The van der Waals surface area contributed by atoms with Gasteiger partial charge in [0, 0.05) is 12.6 Å². The van der Waals surface area contributed by atoms with Crippen molar-refractivity contribution in [2.24, 2.45) is 17.1 Å². The van der Waals surface area contributed by atoms with Gasteiger partial charge in [-0.05, 0) is 24.2 Å². The molecular weight excluding hydrogens is 218 g/mol. The summed E-state index contributed by atoms with van der Waals surface area (Å²) in [6, 6.07) is 0.115. The number of hydrogen-bond donors (Lipinski definition) is 2. The Balaban J connectivity index is 0.00000256. The molecule has 1 fully saturated rings. The Kier molecular flexibility index (Phi) is 5.13. The zero-order valence-corrected chi connectivity index (χ0v) is 11.3. The number of nitrogens with two attached hydrogens (primary N) is 1. The number of likely N-dealkylation sites (tertiary alicyclic amines) is 1. The van der Waals surface area contributed by atoms with Gasteiger partial charge in [-0.15, -0.1) is 0 Å². The van der Waals surface area contributed by atoms with Gasteiger partial charge in [0.2, 0.25) is 0 Å². The maximum Gasteiger partial charge on any atom is 0.311 e. The monoisotopic (exact) mass is 243 g/mol. The van der Waals surface area contributed by atoms with Crippen LogP contribution in [0.1, 0.15) is 40.5 Å². The van der Waals surface area contributed by atoms with Crippen molar-refractivity contribution < 1.29 is 9.59 Å². The molecule has 2 amide bonds. The summed E-state index contributed by atoms with van der Waals surface area (Å²) < 4.78 is 0. The van der Waals surface area contributed by atoms with Gasteiger partial charge in [0.1, 0.15) is 0 Å². The van der Waals surface area contributed by atoms with Crippen molar-refractivity contribution in [3.63, 3.8) is 0 Å². The van der Waals surface area contributed by atoms with Crippen LogP contribution in [0.15, 0.2) is 0 Å². The van der Waals surface area contributed by atoms with Gasteiger partial charge in [-0.2, -0.15) is 0 Å². The third-order valence-electron chi connectivity index (χ3n) is 3.29. The number of nitrogens with zero attached hydrogens (tertiary/aromatic N) is 1. The van der Waals surface area contributed by atoms with E-state index in [1.807, 2.05) is 0 Å². The Bertz CT molecular complexity index is 297. The standard InChI is InChI=1S/C12H22N2O2.H3N/c1-8-5-6-9(12(2,3)4)14(7-8)11(16)10(13)15;/h8-9H,5-7H2,1-4H3,(H2,13,15);1H3. The maximum atomic E-state index is 11.8. The number of amides is 2. The fourth-order valence-corrected chi connectivity index (χ4v) is 2.42. The van der Waals surface area contributed by atoms with Gasteiger partial charge in [0.25, 0.3) is 0 Å². The average molecular weight is 243 g/mol. The van der Waals surface area contributed by atoms with Crippen LogP contribution in [0.5, 0.6) is 0 Å². The SMILES string of the molecule is CC1CCC(C(C)(C)C)N(C(=O)C(N)=O)C1.N. The van der Waals surface area contributed by atoms with Gasteiger partial charge >= 0.3 is 11.8 Å². The number of carbonyl (C=O) groups excluding carboxylic acids is 2. The van der Waals surface area contributed by atoms with E-state index in [0.29, 0.717) is 12.5 Å². The molecular formula is C12H25N3O2. The number of rotatable bonds is 0. The van der Waals surface area contributed by atoms with Crippen molar-refractivity contribution in [3.8, 4) is 0 Å². The number of hydrogen-bond acceptors (Lipinski definition) is 3. The average Bonchev–Trinajstić information content (AvgIpc) is 2.14. The molecule has 0 bridgehead atoms. The number of primary amides is 1. The smallest absolute Gasteiger partial charge is 0.311 e. The predicted molar refractivity (Wildman–Crippen MR) is 67.6 cm³/mol. The Morgan fingerprint density at radius 2 is 1.76 bits per heavy atom. The first kappa shape index (κ1) is 15.9. The van der Waals surface area contributed by atoms with Gasteiger partial charge in [-0.25, -0.2) is 0 Å². The topological polar surface area (TPSA) is 98.4 Å². The maximum absolute atomic E-state index is 11.8. The van der Waals surface area contributed by atoms with Crippen LogP contribution in [0.4, 0.5) is 0 Å². The summed E-state index contributed by atoms with van der Waals surface area (Å²) in [6.07, 6.45) is 2.05. The Labute approximate surface area is 103 Å². The summed E-state index contributed by atoms with van der Waals surface area (Å²) in [5.41, 5.74) is 5.08. The van der Waals surface area contributed by atoms with Crippen molar-refractivity contribution in [2.75, 3.05) is 6.54 Å². The molecule has 1 saturated heterocycles. The molecule has 5 nitrogen and oxygen atoms in total. The minimum Gasteiger partial charge on any atom is -0.361 e. The Hall–Kier alpha value is -1.10. The van der Waals surface area contributed by atoms with E-state index in [1.54, 1.807) is 4.90 Å². The normalized spacial score (nSPS) is 25.1. The summed E-state index contributed by atoms with van der Waals surface area (Å²) in [7, 11) is 0. The van der Waals surface area contributed by atoms with Gasteiger partial charge in [-0.1, -0.05) is 27.7 Å². The van der Waals surface area contributed by atoms with Crippen LogP contribution in [0.25, 0.3) is 0 Å². The van der Waals surface area contributed by atoms with E-state index < -0.39 is 11.8 Å². The van der Waals surface area contributed by atoms with Gasteiger partial charge in [-0.3, -0.25) is 9.59 Å². The van der Waals surface area contributed by atoms with Crippen molar-refractivity contribution in [1.29, 1.82) is 0 Å². The molecule has 0 spiro atoms. The van der Waals surface area contributed by atoms with Gasteiger partial charge in [0.05, 0.1) is 0 Å². The van der Waals surface area contributed by atoms with Crippen LogP contribution in [-0.4, -0.2) is 29.3 Å². The van der Waals surface area contributed by atoms with E-state index in [4.69, 9.17) is 5.73 Å². The molecule has 5 N–H and O–H groups in total. The van der Waals surface area contributed by atoms with Crippen molar-refractivity contribution in [3.05, 3.63) is 0 Å². The Morgan fingerprint density at radius 3 is 2.18 bits per heavy atom. The largest absolute Gasteiger partial charge is 0.361 e. The highest BCUT2D eigenvalue weighted by Gasteiger charge is 2.38. The summed E-state index contributed by atoms with van der Waals surface area (Å²) in [4.78, 5) is 24.4. The van der Waals surface area contributed by atoms with E-state index in [9.17, 15) is 9.59 Å². The van der Waals surface area contributed by atoms with Crippen LogP contribution in [-0.2, 0) is 9.59 Å². The van der Waals surface area contributed by atoms with Crippen molar-refractivity contribution >= 4 is 11.8 Å². The first-order valence-electron chi connectivity index (χ1n) is 5.84. The third kappa shape index (κ3) is 3.70. The quantitative estimate of drug-likeness (QED) is 0.627. The molecule has 0 aliphatic carbocycles. The third-order valence-corrected chi connectivity index (χ3v) is 3.29. The molecule has 1 aliphatic heterocycles. The zero-order chi connectivity index (χ0) is 12.5. The Morgan fingerprint density at radius 1 is 1.24 bits per heavy atom. The highest BCUT2D eigenvalue weighted by atomic mass is 16.2. The van der Waals surface area contributed by atoms with E-state index in [-0.39, 0.29) is 17.6 Å². The molecule has 0 radical (unpaired) electrons. The van der Waals surface area contributed by atoms with E-state index >= 15 is 0 Å². The summed E-state index contributed by atoms with van der Waals surface area (Å²) in [6.45, 7) is 9.02. The molecule has 0 aromatic rings. The summed E-state index contributed by atoms with van der Waals surface area (Å²) in [5, 5.41) is 0. The van der Waals surface area contributed by atoms with E-state index in [0.717, 1.165) is 12.8 Å². The molecule has 2 unspecified atom stereocenters. The van der Waals surface area contributed by atoms with Gasteiger partial charge < -0.3 is 16.8 Å². The second kappa shape index (κ2) is 5.49. The summed E-state index contributed by atoms with van der Waals surface area (Å²) >= 11 is 0. The molecule has 1 rings (SSSR count). The molecule has 100 valence electrons. The van der Waals surface area contributed by atoms with Crippen molar-refractivity contribution in [2.45, 2.75) is 46.6 Å². The molecule has 0 aromatic heterocycles. The number of piperidine rings is 1. The highest BCUT2D eigenvalue weighted by molar-refractivity contribution is 6.34. The molecule has 17 heavy (non-hydrogen) atoms. The van der Waals surface area contributed by atoms with Crippen LogP contribution < -0.4 is 11.9 Å². The molecule has 5 heteroatoms. The predicted octanol–water partition coefficient (Wildman–Crippen LogP) is 1.31. The molecule has 1 heterocycles. The molecule has 2 atom stereocenters. The highest BCUT2D eigenvalue weighted by Crippen LogP contribution is 2.33. The van der Waals surface area contributed by atoms with E-state index in [2.05, 4.69) is 27.7 Å². The lowest BCUT2D eigenvalue weighted by Gasteiger charge is -2.44. The lowest BCUT2D eigenvalue weighted by atomic mass is 9.78. The van der Waals surface area contributed by atoms with Gasteiger partial charge in [0.15, 0.2) is 0 Å². The second-order valence-corrected chi connectivity index (χ2v) is 5.89. The lowest BCUT2D eigenvalue weighted by Crippen LogP contribution is -2.55. The molecule has 0 saturated carbocycles. The molecule has 0 aromatic carbocycles. The fourth-order valence-electron chi connectivity index (χ4n) is 2.42. The fraction of sp³-hybridized carbons (Fsp3) is 0.833. The van der Waals surface area contributed by atoms with Crippen molar-refractivity contribution in [1.82, 2.24) is 11.1 Å². The zero-order valence-electron chi connectivity index (χ0n) is 11.3. The summed E-state index contributed by atoms with van der Waals surface area (Å²) in [5.74, 6) is -0.934. The minimum atomic E-state index is -0.844. The number of carbonyl (C=O) groups is 2. The lowest BCUT2D eigenvalue weighted by molar-refractivity contribution is -0.149. The second-order valence-electron chi connectivity index (χ2n) is 5.89. The van der Waals surface area contributed by atoms with Crippen LogP contribution >= 0.6 is 0 Å². The molecule has 1 aliphatic rings. The van der Waals surface area contributed by atoms with Crippen LogP contribution in [0.2, 0.25) is 0 Å². The minimum absolute atomic E-state index is 0. The van der Waals surface area contributed by atoms with E-state index in [1.165, 1.54) is 0 Å². The first-order valence-corrected chi connectivity index (χ1v) is 5.84.